The summed E-state index contributed by atoms with van der Waals surface area (Å²) >= 11 is 3.29. The molecule has 0 saturated heterocycles. The molecule has 0 aromatic heterocycles. The van der Waals surface area contributed by atoms with Gasteiger partial charge < -0.3 is 4.74 Å². The van der Waals surface area contributed by atoms with E-state index in [1.54, 1.807) is 18.2 Å². The first-order valence-electron chi connectivity index (χ1n) is 6.20. The Bertz CT molecular complexity index is 567. The molecule has 1 aliphatic rings. The van der Waals surface area contributed by atoms with Gasteiger partial charge in [-0.15, -0.1) is 0 Å². The number of rotatable bonds is 5. The summed E-state index contributed by atoms with van der Waals surface area (Å²) in [6.07, 6.45) is 3.33. The van der Waals surface area contributed by atoms with Crippen LogP contribution in [0.3, 0.4) is 0 Å². The molecule has 0 unspecified atom stereocenters. The van der Waals surface area contributed by atoms with E-state index in [2.05, 4.69) is 27.6 Å². The molecule has 6 heteroatoms. The fourth-order valence-electron chi connectivity index (χ4n) is 2.16. The van der Waals surface area contributed by atoms with Crippen LogP contribution in [-0.4, -0.2) is 22.1 Å². The summed E-state index contributed by atoms with van der Waals surface area (Å²) in [6.45, 7) is 2.59. The van der Waals surface area contributed by atoms with Crippen LogP contribution >= 0.6 is 15.9 Å². The van der Waals surface area contributed by atoms with Crippen LogP contribution in [0.25, 0.3) is 0 Å². The van der Waals surface area contributed by atoms with Crippen LogP contribution in [0, 0.1) is 5.41 Å². The Balaban J connectivity index is 2.21. The van der Waals surface area contributed by atoms with Gasteiger partial charge in [0.2, 0.25) is 10.0 Å². The standard InChI is InChI=1S/C13H18BrNO3S/c1-13(6-3-7-13)9-15-19(16,17)12-8-10(14)4-5-11(12)18-2/h4-5,8,15H,3,6-7,9H2,1-2H3. The molecule has 0 spiro atoms. The van der Waals surface area contributed by atoms with Gasteiger partial charge in [-0.05, 0) is 36.5 Å². The molecule has 1 aromatic carbocycles. The van der Waals surface area contributed by atoms with Gasteiger partial charge in [0.15, 0.2) is 0 Å². The molecule has 0 bridgehead atoms. The third-order valence-corrected chi connectivity index (χ3v) is 5.58. The first kappa shape index (κ1) is 14.8. The van der Waals surface area contributed by atoms with E-state index in [1.165, 1.54) is 13.5 Å². The molecule has 1 N–H and O–H groups in total. The molecule has 2 rings (SSSR count). The van der Waals surface area contributed by atoms with Crippen molar-refractivity contribution in [3.8, 4) is 5.75 Å². The minimum absolute atomic E-state index is 0.103. The van der Waals surface area contributed by atoms with Gasteiger partial charge in [0.25, 0.3) is 0 Å². The lowest BCUT2D eigenvalue weighted by molar-refractivity contribution is 0.166. The zero-order valence-electron chi connectivity index (χ0n) is 11.1. The van der Waals surface area contributed by atoms with Gasteiger partial charge in [-0.1, -0.05) is 29.3 Å². The van der Waals surface area contributed by atoms with Crippen LogP contribution in [0.2, 0.25) is 0 Å². The number of benzene rings is 1. The summed E-state index contributed by atoms with van der Waals surface area (Å²) in [5, 5.41) is 0. The quantitative estimate of drug-likeness (QED) is 0.890. The highest BCUT2D eigenvalue weighted by Crippen LogP contribution is 2.40. The third kappa shape index (κ3) is 3.30. The molecule has 0 aliphatic heterocycles. The van der Waals surface area contributed by atoms with E-state index in [0.29, 0.717) is 16.8 Å². The average Bonchev–Trinajstić information content (AvgIpc) is 2.34. The van der Waals surface area contributed by atoms with Crippen LogP contribution in [0.15, 0.2) is 27.6 Å². The van der Waals surface area contributed by atoms with E-state index < -0.39 is 10.0 Å². The van der Waals surface area contributed by atoms with Crippen molar-refractivity contribution in [2.24, 2.45) is 5.41 Å². The molecule has 0 amide bonds. The summed E-state index contributed by atoms with van der Waals surface area (Å²) in [5.74, 6) is 0.356. The second-order valence-corrected chi connectivity index (χ2v) is 7.93. The second-order valence-electron chi connectivity index (χ2n) is 5.28. The minimum Gasteiger partial charge on any atom is -0.495 e. The molecular formula is C13H18BrNO3S. The van der Waals surface area contributed by atoms with Crippen molar-refractivity contribution in [2.45, 2.75) is 31.1 Å². The summed E-state index contributed by atoms with van der Waals surface area (Å²) in [5.41, 5.74) is 0.103. The van der Waals surface area contributed by atoms with E-state index in [9.17, 15) is 8.42 Å². The van der Waals surface area contributed by atoms with Gasteiger partial charge in [-0.3, -0.25) is 0 Å². The predicted molar refractivity (Wildman–Crippen MR) is 77.8 cm³/mol. The number of methoxy groups -OCH3 is 1. The van der Waals surface area contributed by atoms with Crippen molar-refractivity contribution in [3.05, 3.63) is 22.7 Å². The Hall–Kier alpha value is -0.590. The minimum atomic E-state index is -3.54. The summed E-state index contributed by atoms with van der Waals surface area (Å²) < 4.78 is 33.2. The molecule has 0 heterocycles. The molecule has 1 fully saturated rings. The maximum absolute atomic E-state index is 12.3. The van der Waals surface area contributed by atoms with Crippen LogP contribution in [0.1, 0.15) is 26.2 Å². The fourth-order valence-corrected chi connectivity index (χ4v) is 4.07. The summed E-state index contributed by atoms with van der Waals surface area (Å²) in [7, 11) is -2.07. The lowest BCUT2D eigenvalue weighted by atomic mass is 9.71. The first-order chi connectivity index (χ1) is 8.86. The Labute approximate surface area is 122 Å². The molecular weight excluding hydrogens is 330 g/mol. The van der Waals surface area contributed by atoms with Crippen molar-refractivity contribution in [1.29, 1.82) is 0 Å². The molecule has 19 heavy (non-hydrogen) atoms. The van der Waals surface area contributed by atoms with E-state index in [4.69, 9.17) is 4.74 Å². The van der Waals surface area contributed by atoms with Crippen molar-refractivity contribution in [2.75, 3.05) is 13.7 Å². The van der Waals surface area contributed by atoms with E-state index in [0.717, 1.165) is 12.8 Å². The van der Waals surface area contributed by atoms with E-state index in [1.807, 2.05) is 0 Å². The number of hydrogen-bond acceptors (Lipinski definition) is 3. The van der Waals surface area contributed by atoms with Gasteiger partial charge >= 0.3 is 0 Å². The number of halogens is 1. The highest BCUT2D eigenvalue weighted by atomic mass is 79.9. The van der Waals surface area contributed by atoms with Crippen LogP contribution in [-0.2, 0) is 10.0 Å². The van der Waals surface area contributed by atoms with Gasteiger partial charge in [-0.25, -0.2) is 13.1 Å². The smallest absolute Gasteiger partial charge is 0.244 e. The van der Waals surface area contributed by atoms with Gasteiger partial charge in [0, 0.05) is 11.0 Å². The van der Waals surface area contributed by atoms with E-state index in [-0.39, 0.29) is 10.3 Å². The normalized spacial score (nSPS) is 17.8. The third-order valence-electron chi connectivity index (χ3n) is 3.66. The topological polar surface area (TPSA) is 55.4 Å². The van der Waals surface area contributed by atoms with Crippen molar-refractivity contribution < 1.29 is 13.2 Å². The maximum atomic E-state index is 12.3. The highest BCUT2D eigenvalue weighted by Gasteiger charge is 2.33. The number of hydrogen-bond donors (Lipinski definition) is 1. The molecule has 0 atom stereocenters. The summed E-state index contributed by atoms with van der Waals surface area (Å²) in [4.78, 5) is 0.173. The maximum Gasteiger partial charge on any atom is 0.244 e. The first-order valence-corrected chi connectivity index (χ1v) is 8.47. The lowest BCUT2D eigenvalue weighted by Crippen LogP contribution is -2.39. The Kier molecular flexibility index (Phi) is 4.23. The van der Waals surface area contributed by atoms with Crippen LogP contribution < -0.4 is 9.46 Å². The Morgan fingerprint density at radius 3 is 2.63 bits per heavy atom. The molecule has 1 aliphatic carbocycles. The summed E-state index contributed by atoms with van der Waals surface area (Å²) in [6, 6.07) is 4.96. The average molecular weight is 348 g/mol. The SMILES string of the molecule is COc1ccc(Br)cc1S(=O)(=O)NCC1(C)CCC1. The Morgan fingerprint density at radius 1 is 1.42 bits per heavy atom. The van der Waals surface area contributed by atoms with Crippen molar-refractivity contribution in [1.82, 2.24) is 4.72 Å². The molecule has 4 nitrogen and oxygen atoms in total. The van der Waals surface area contributed by atoms with Crippen molar-refractivity contribution in [3.63, 3.8) is 0 Å². The predicted octanol–water partition coefficient (Wildman–Crippen LogP) is 2.93. The molecule has 1 aromatic rings. The number of ether oxygens (including phenoxy) is 1. The van der Waals surface area contributed by atoms with Gasteiger partial charge in [0.05, 0.1) is 7.11 Å². The van der Waals surface area contributed by atoms with Crippen molar-refractivity contribution >= 4 is 26.0 Å². The number of sulfonamides is 1. The molecule has 106 valence electrons. The highest BCUT2D eigenvalue weighted by molar-refractivity contribution is 9.10. The van der Waals surface area contributed by atoms with Crippen LogP contribution in [0.5, 0.6) is 5.75 Å². The van der Waals surface area contributed by atoms with Gasteiger partial charge in [0.1, 0.15) is 10.6 Å². The zero-order chi connectivity index (χ0) is 14.1. The largest absolute Gasteiger partial charge is 0.495 e. The zero-order valence-corrected chi connectivity index (χ0v) is 13.5. The second kappa shape index (κ2) is 5.42. The molecule has 0 radical (unpaired) electrons. The fraction of sp³-hybridized carbons (Fsp3) is 0.538. The number of nitrogens with one attached hydrogen (secondary N) is 1. The molecule has 1 saturated carbocycles. The van der Waals surface area contributed by atoms with Crippen LogP contribution in [0.4, 0.5) is 0 Å². The lowest BCUT2D eigenvalue weighted by Gasteiger charge is -2.38. The monoisotopic (exact) mass is 347 g/mol. The Morgan fingerprint density at radius 2 is 2.11 bits per heavy atom. The van der Waals surface area contributed by atoms with Gasteiger partial charge in [-0.2, -0.15) is 0 Å². The van der Waals surface area contributed by atoms with E-state index >= 15 is 0 Å².